The van der Waals surface area contributed by atoms with E-state index in [-0.39, 0.29) is 11.5 Å². The van der Waals surface area contributed by atoms with E-state index < -0.39 is 4.92 Å². The van der Waals surface area contributed by atoms with Crippen molar-refractivity contribution < 1.29 is 4.92 Å². The zero-order valence-electron chi connectivity index (χ0n) is 10.3. The van der Waals surface area contributed by atoms with Crippen LogP contribution in [0.1, 0.15) is 13.8 Å². The highest BCUT2D eigenvalue weighted by molar-refractivity contribution is 5.64. The van der Waals surface area contributed by atoms with Gasteiger partial charge in [-0.3, -0.25) is 10.1 Å². The Morgan fingerprint density at radius 2 is 1.78 bits per heavy atom. The first kappa shape index (κ1) is 13.6. The van der Waals surface area contributed by atoms with Gasteiger partial charge in [0.15, 0.2) is 0 Å². The molecule has 0 saturated heterocycles. The predicted octanol–water partition coefficient (Wildman–Crippen LogP) is 3.76. The second kappa shape index (κ2) is 7.01. The fraction of sp³-hybridized carbons (Fsp3) is 0.154. The Morgan fingerprint density at radius 1 is 1.11 bits per heavy atom. The van der Waals surface area contributed by atoms with E-state index in [0.29, 0.717) is 0 Å². The van der Waals surface area contributed by atoms with Gasteiger partial charge in [-0.15, -0.1) is 0 Å². The quantitative estimate of drug-likeness (QED) is 0.660. The topological polar surface area (TPSA) is 68.1 Å². The van der Waals surface area contributed by atoms with E-state index in [2.05, 4.69) is 10.3 Å². The fourth-order valence-electron chi connectivity index (χ4n) is 1.30. The number of pyridine rings is 1. The lowest BCUT2D eigenvalue weighted by Gasteiger charge is -2.04. The minimum atomic E-state index is -0.460. The summed E-state index contributed by atoms with van der Waals surface area (Å²) in [4.78, 5) is 14.2. The van der Waals surface area contributed by atoms with Crippen molar-refractivity contribution >= 4 is 17.2 Å². The summed E-state index contributed by atoms with van der Waals surface area (Å²) in [6.07, 6.45) is 1.51. The van der Waals surface area contributed by atoms with Gasteiger partial charge in [0.1, 0.15) is 0 Å². The second-order valence-corrected chi connectivity index (χ2v) is 3.12. The summed E-state index contributed by atoms with van der Waals surface area (Å²) < 4.78 is 0. The molecule has 1 heterocycles. The molecule has 5 heteroatoms. The molecule has 0 radical (unpaired) electrons. The van der Waals surface area contributed by atoms with Gasteiger partial charge in [0.05, 0.1) is 4.92 Å². The van der Waals surface area contributed by atoms with Gasteiger partial charge in [0.2, 0.25) is 5.82 Å². The average Bonchev–Trinajstić information content (AvgIpc) is 2.42. The molecule has 0 aliphatic rings. The lowest BCUT2D eigenvalue weighted by atomic mass is 10.3. The van der Waals surface area contributed by atoms with E-state index >= 15 is 0 Å². The van der Waals surface area contributed by atoms with Crippen LogP contribution in [-0.2, 0) is 0 Å². The summed E-state index contributed by atoms with van der Waals surface area (Å²) in [5.41, 5.74) is 0.732. The Morgan fingerprint density at radius 3 is 2.39 bits per heavy atom. The number of aromatic nitrogens is 1. The minimum Gasteiger partial charge on any atom is -0.334 e. The molecule has 2 aromatic rings. The molecule has 1 N–H and O–H groups in total. The first-order valence-corrected chi connectivity index (χ1v) is 5.69. The van der Waals surface area contributed by atoms with Gasteiger partial charge >= 0.3 is 5.69 Å². The maximum Gasteiger partial charge on any atom is 0.311 e. The smallest absolute Gasteiger partial charge is 0.311 e. The third-order valence-electron chi connectivity index (χ3n) is 2.02. The van der Waals surface area contributed by atoms with Crippen LogP contribution < -0.4 is 5.32 Å². The summed E-state index contributed by atoms with van der Waals surface area (Å²) in [7, 11) is 0. The van der Waals surface area contributed by atoms with Gasteiger partial charge in [0, 0.05) is 18.0 Å². The standard InChI is InChI=1S/C11H9N3O2.C2H6/c15-14(16)10-7-4-8-12-11(10)13-9-5-2-1-3-6-9;1-2/h1-8H,(H,12,13);1-2H3. The zero-order chi connectivity index (χ0) is 13.4. The monoisotopic (exact) mass is 245 g/mol. The van der Waals surface area contributed by atoms with Crippen LogP contribution in [0.5, 0.6) is 0 Å². The molecule has 2 rings (SSSR count). The second-order valence-electron chi connectivity index (χ2n) is 3.12. The number of para-hydroxylation sites is 1. The zero-order valence-corrected chi connectivity index (χ0v) is 10.3. The molecule has 1 aromatic carbocycles. The van der Waals surface area contributed by atoms with E-state index in [9.17, 15) is 10.1 Å². The van der Waals surface area contributed by atoms with E-state index in [0.717, 1.165) is 5.69 Å². The Bertz CT molecular complexity index is 501. The number of hydrogen-bond acceptors (Lipinski definition) is 4. The molecule has 0 bridgehead atoms. The van der Waals surface area contributed by atoms with Crippen LogP contribution in [0.2, 0.25) is 0 Å². The molecule has 0 spiro atoms. The molecule has 94 valence electrons. The molecule has 1 aromatic heterocycles. The van der Waals surface area contributed by atoms with Crippen molar-refractivity contribution in [1.82, 2.24) is 4.98 Å². The van der Waals surface area contributed by atoms with Gasteiger partial charge in [-0.25, -0.2) is 4.98 Å². The van der Waals surface area contributed by atoms with Crippen molar-refractivity contribution in [3.8, 4) is 0 Å². The van der Waals surface area contributed by atoms with Crippen LogP contribution in [-0.4, -0.2) is 9.91 Å². The summed E-state index contributed by atoms with van der Waals surface area (Å²) in [6, 6.07) is 12.1. The number of rotatable bonds is 3. The number of anilines is 2. The fourth-order valence-corrected chi connectivity index (χ4v) is 1.30. The molecular weight excluding hydrogens is 230 g/mol. The summed E-state index contributed by atoms with van der Waals surface area (Å²) in [5.74, 6) is 0.249. The first-order chi connectivity index (χ1) is 8.77. The van der Waals surface area contributed by atoms with Crippen LogP contribution in [0.3, 0.4) is 0 Å². The number of nitro groups is 1. The molecular formula is C13H15N3O2. The van der Waals surface area contributed by atoms with Gasteiger partial charge in [-0.1, -0.05) is 32.0 Å². The summed E-state index contributed by atoms with van der Waals surface area (Å²) in [6.45, 7) is 4.00. The van der Waals surface area contributed by atoms with Crippen LogP contribution in [0.25, 0.3) is 0 Å². The Labute approximate surface area is 106 Å². The van der Waals surface area contributed by atoms with Crippen LogP contribution in [0.4, 0.5) is 17.2 Å². The highest BCUT2D eigenvalue weighted by Crippen LogP contribution is 2.23. The molecule has 0 unspecified atom stereocenters. The number of nitrogens with zero attached hydrogens (tertiary/aromatic N) is 2. The van der Waals surface area contributed by atoms with Gasteiger partial charge in [0.25, 0.3) is 0 Å². The maximum absolute atomic E-state index is 10.7. The molecule has 0 fully saturated rings. The van der Waals surface area contributed by atoms with Crippen molar-refractivity contribution in [2.24, 2.45) is 0 Å². The van der Waals surface area contributed by atoms with Crippen molar-refractivity contribution in [3.05, 3.63) is 58.8 Å². The number of nitrogens with one attached hydrogen (secondary N) is 1. The Kier molecular flexibility index (Phi) is 5.31. The lowest BCUT2D eigenvalue weighted by molar-refractivity contribution is -0.384. The number of benzene rings is 1. The van der Waals surface area contributed by atoms with Crippen molar-refractivity contribution in [1.29, 1.82) is 0 Å². The summed E-state index contributed by atoms with van der Waals surface area (Å²) >= 11 is 0. The third kappa shape index (κ3) is 3.55. The highest BCUT2D eigenvalue weighted by Gasteiger charge is 2.13. The lowest BCUT2D eigenvalue weighted by Crippen LogP contribution is -1.98. The molecule has 0 saturated carbocycles. The first-order valence-electron chi connectivity index (χ1n) is 5.69. The summed E-state index contributed by atoms with van der Waals surface area (Å²) in [5, 5.41) is 13.6. The normalized spacial score (nSPS) is 9.00. The highest BCUT2D eigenvalue weighted by atomic mass is 16.6. The van der Waals surface area contributed by atoms with Crippen molar-refractivity contribution in [3.63, 3.8) is 0 Å². The molecule has 0 aliphatic carbocycles. The van der Waals surface area contributed by atoms with Gasteiger partial charge in [-0.05, 0) is 18.2 Å². The largest absolute Gasteiger partial charge is 0.334 e. The van der Waals surface area contributed by atoms with Gasteiger partial charge in [-0.2, -0.15) is 0 Å². The third-order valence-corrected chi connectivity index (χ3v) is 2.02. The van der Waals surface area contributed by atoms with E-state index in [1.165, 1.54) is 18.3 Å². The maximum atomic E-state index is 10.7. The minimum absolute atomic E-state index is 0.0358. The van der Waals surface area contributed by atoms with Crippen LogP contribution in [0.15, 0.2) is 48.7 Å². The molecule has 18 heavy (non-hydrogen) atoms. The van der Waals surface area contributed by atoms with Crippen LogP contribution in [0, 0.1) is 10.1 Å². The molecule has 0 aliphatic heterocycles. The predicted molar refractivity (Wildman–Crippen MR) is 72.0 cm³/mol. The van der Waals surface area contributed by atoms with Crippen molar-refractivity contribution in [2.45, 2.75) is 13.8 Å². The Hall–Kier alpha value is -2.43. The number of hydrogen-bond donors (Lipinski definition) is 1. The molecule has 5 nitrogen and oxygen atoms in total. The van der Waals surface area contributed by atoms with E-state index in [1.54, 1.807) is 0 Å². The molecule has 0 amide bonds. The van der Waals surface area contributed by atoms with E-state index in [1.807, 2.05) is 44.2 Å². The van der Waals surface area contributed by atoms with E-state index in [4.69, 9.17) is 0 Å². The Balaban J connectivity index is 0.000000771. The molecule has 0 atom stereocenters. The van der Waals surface area contributed by atoms with Crippen molar-refractivity contribution in [2.75, 3.05) is 5.32 Å². The van der Waals surface area contributed by atoms with Crippen LogP contribution >= 0.6 is 0 Å². The van der Waals surface area contributed by atoms with Gasteiger partial charge < -0.3 is 5.32 Å². The SMILES string of the molecule is CC.O=[N+]([O-])c1cccnc1Nc1ccccc1. The average molecular weight is 245 g/mol.